The second-order valence-corrected chi connectivity index (χ2v) is 5.62. The smallest absolute Gasteiger partial charge is 0.259 e. The molecule has 2 rings (SSSR count). The van der Waals surface area contributed by atoms with Crippen molar-refractivity contribution in [3.05, 3.63) is 59.7 Å². The fourth-order valence-electron chi connectivity index (χ4n) is 2.26. The van der Waals surface area contributed by atoms with Crippen molar-refractivity contribution in [1.29, 1.82) is 0 Å². The fraction of sp³-hybridized carbons (Fsp3) is 0.300. The van der Waals surface area contributed by atoms with Crippen LogP contribution in [-0.2, 0) is 4.74 Å². The average molecular weight is 356 g/mol. The molecule has 0 heterocycles. The van der Waals surface area contributed by atoms with E-state index in [4.69, 9.17) is 9.47 Å². The van der Waals surface area contributed by atoms with E-state index < -0.39 is 0 Å². The van der Waals surface area contributed by atoms with Crippen molar-refractivity contribution in [1.82, 2.24) is 5.32 Å². The molecular formula is C20H24N2O4. The van der Waals surface area contributed by atoms with E-state index in [-0.39, 0.29) is 11.8 Å². The summed E-state index contributed by atoms with van der Waals surface area (Å²) in [6.45, 7) is 3.47. The lowest BCUT2D eigenvalue weighted by Gasteiger charge is -2.11. The van der Waals surface area contributed by atoms with Gasteiger partial charge in [0.25, 0.3) is 11.8 Å². The number of para-hydroxylation sites is 1. The molecule has 2 N–H and O–H groups in total. The molecule has 0 spiro atoms. The van der Waals surface area contributed by atoms with Gasteiger partial charge in [-0.2, -0.15) is 0 Å². The summed E-state index contributed by atoms with van der Waals surface area (Å²) in [6.07, 6.45) is 0.865. The molecule has 2 aromatic rings. The van der Waals surface area contributed by atoms with Gasteiger partial charge in [0.2, 0.25) is 0 Å². The largest absolute Gasteiger partial charge is 0.493 e. The monoisotopic (exact) mass is 356 g/mol. The minimum atomic E-state index is -0.256. The van der Waals surface area contributed by atoms with Crippen LogP contribution in [0.4, 0.5) is 5.69 Å². The first-order chi connectivity index (χ1) is 12.7. The Morgan fingerprint density at radius 2 is 1.69 bits per heavy atom. The van der Waals surface area contributed by atoms with Gasteiger partial charge in [0.15, 0.2) is 0 Å². The normalized spacial score (nSPS) is 10.2. The van der Waals surface area contributed by atoms with E-state index in [1.165, 1.54) is 0 Å². The van der Waals surface area contributed by atoms with Crippen molar-refractivity contribution in [3.63, 3.8) is 0 Å². The molecule has 138 valence electrons. The van der Waals surface area contributed by atoms with Crippen molar-refractivity contribution in [2.45, 2.75) is 13.3 Å². The van der Waals surface area contributed by atoms with Gasteiger partial charge in [-0.3, -0.25) is 9.59 Å². The number of nitrogens with one attached hydrogen (secondary N) is 2. The Kier molecular flexibility index (Phi) is 7.64. The summed E-state index contributed by atoms with van der Waals surface area (Å²) < 4.78 is 10.5. The van der Waals surface area contributed by atoms with Gasteiger partial charge in [-0.1, -0.05) is 19.1 Å². The summed E-state index contributed by atoms with van der Waals surface area (Å²) in [5, 5.41) is 5.57. The number of hydrogen-bond acceptors (Lipinski definition) is 4. The van der Waals surface area contributed by atoms with Gasteiger partial charge in [-0.15, -0.1) is 0 Å². The van der Waals surface area contributed by atoms with Crippen LogP contribution in [0.5, 0.6) is 5.75 Å². The maximum absolute atomic E-state index is 12.5. The molecule has 0 aliphatic rings. The minimum Gasteiger partial charge on any atom is -0.493 e. The van der Waals surface area contributed by atoms with Gasteiger partial charge in [0.1, 0.15) is 5.75 Å². The molecule has 0 fully saturated rings. The quantitative estimate of drug-likeness (QED) is 0.677. The molecule has 0 saturated heterocycles. The van der Waals surface area contributed by atoms with Gasteiger partial charge in [-0.25, -0.2) is 0 Å². The Bertz CT molecular complexity index is 729. The highest BCUT2D eigenvalue weighted by atomic mass is 16.5. The number of benzene rings is 2. The summed E-state index contributed by atoms with van der Waals surface area (Å²) in [5.74, 6) is 0.119. The molecule has 0 aliphatic carbocycles. The van der Waals surface area contributed by atoms with Gasteiger partial charge >= 0.3 is 0 Å². The van der Waals surface area contributed by atoms with Crippen LogP contribution in [-0.4, -0.2) is 38.7 Å². The maximum Gasteiger partial charge on any atom is 0.259 e. The second-order valence-electron chi connectivity index (χ2n) is 5.62. The predicted octanol–water partition coefficient (Wildman–Crippen LogP) is 3.10. The second kappa shape index (κ2) is 10.2. The molecule has 2 aromatic carbocycles. The third-order valence-electron chi connectivity index (χ3n) is 3.59. The molecule has 0 atom stereocenters. The lowest BCUT2D eigenvalue weighted by Crippen LogP contribution is -2.26. The summed E-state index contributed by atoms with van der Waals surface area (Å²) >= 11 is 0. The van der Waals surface area contributed by atoms with Gasteiger partial charge in [0.05, 0.1) is 18.8 Å². The number of amides is 2. The first kappa shape index (κ1) is 19.5. The van der Waals surface area contributed by atoms with Crippen molar-refractivity contribution < 1.29 is 19.1 Å². The van der Waals surface area contributed by atoms with E-state index in [0.29, 0.717) is 42.3 Å². The summed E-state index contributed by atoms with van der Waals surface area (Å²) in [7, 11) is 1.58. The lowest BCUT2D eigenvalue weighted by atomic mass is 10.1. The first-order valence-electron chi connectivity index (χ1n) is 8.56. The highest BCUT2D eigenvalue weighted by Gasteiger charge is 2.12. The molecule has 0 unspecified atom stereocenters. The fourth-order valence-corrected chi connectivity index (χ4v) is 2.26. The highest BCUT2D eigenvalue weighted by molar-refractivity contribution is 6.06. The van der Waals surface area contributed by atoms with Crippen LogP contribution in [0.15, 0.2) is 48.5 Å². The molecule has 0 saturated carbocycles. The molecule has 26 heavy (non-hydrogen) atoms. The van der Waals surface area contributed by atoms with Crippen molar-refractivity contribution >= 4 is 17.5 Å². The topological polar surface area (TPSA) is 76.7 Å². The lowest BCUT2D eigenvalue weighted by molar-refractivity contribution is 0.0936. The number of carbonyl (C=O) groups is 2. The molecule has 0 bridgehead atoms. The zero-order valence-corrected chi connectivity index (χ0v) is 15.1. The minimum absolute atomic E-state index is 0.182. The molecule has 0 aromatic heterocycles. The van der Waals surface area contributed by atoms with E-state index in [2.05, 4.69) is 10.6 Å². The Morgan fingerprint density at radius 3 is 2.38 bits per heavy atom. The highest BCUT2D eigenvalue weighted by Crippen LogP contribution is 2.20. The van der Waals surface area contributed by atoms with Crippen LogP contribution in [0.1, 0.15) is 34.1 Å². The van der Waals surface area contributed by atoms with Crippen LogP contribution >= 0.6 is 0 Å². The SMILES string of the molecule is CCCOc1ccccc1C(=O)Nc1ccc(C(=O)NCCOC)cc1. The molecule has 0 aliphatic heterocycles. The third-order valence-corrected chi connectivity index (χ3v) is 3.59. The van der Waals surface area contributed by atoms with Crippen molar-refractivity contribution in [2.24, 2.45) is 0 Å². The number of anilines is 1. The van der Waals surface area contributed by atoms with Gasteiger partial charge in [-0.05, 0) is 42.8 Å². The van der Waals surface area contributed by atoms with E-state index in [1.807, 2.05) is 13.0 Å². The summed E-state index contributed by atoms with van der Waals surface area (Å²) in [6, 6.07) is 13.8. The third kappa shape index (κ3) is 5.60. The van der Waals surface area contributed by atoms with Crippen LogP contribution in [0.2, 0.25) is 0 Å². The Morgan fingerprint density at radius 1 is 0.962 bits per heavy atom. The van der Waals surface area contributed by atoms with Crippen LogP contribution in [0.25, 0.3) is 0 Å². The van der Waals surface area contributed by atoms with E-state index >= 15 is 0 Å². The average Bonchev–Trinajstić information content (AvgIpc) is 2.67. The van der Waals surface area contributed by atoms with Gasteiger partial charge < -0.3 is 20.1 Å². The van der Waals surface area contributed by atoms with Crippen LogP contribution < -0.4 is 15.4 Å². The van der Waals surface area contributed by atoms with Crippen molar-refractivity contribution in [3.8, 4) is 5.75 Å². The number of hydrogen-bond donors (Lipinski definition) is 2. The number of carbonyl (C=O) groups excluding carboxylic acids is 2. The Hall–Kier alpha value is -2.86. The molecule has 2 amide bonds. The molecule has 0 radical (unpaired) electrons. The number of rotatable bonds is 9. The molecule has 6 heteroatoms. The van der Waals surface area contributed by atoms with Crippen LogP contribution in [0.3, 0.4) is 0 Å². The maximum atomic E-state index is 12.5. The number of ether oxygens (including phenoxy) is 2. The molecular weight excluding hydrogens is 332 g/mol. The van der Waals surface area contributed by atoms with E-state index in [9.17, 15) is 9.59 Å². The summed E-state index contributed by atoms with van der Waals surface area (Å²) in [5.41, 5.74) is 1.60. The standard InChI is InChI=1S/C20H24N2O4/c1-3-13-26-18-7-5-4-6-17(18)20(24)22-16-10-8-15(9-11-16)19(23)21-12-14-25-2/h4-11H,3,12-14H2,1-2H3,(H,21,23)(H,22,24). The van der Waals surface area contributed by atoms with Crippen LogP contribution in [0, 0.1) is 0 Å². The zero-order valence-electron chi connectivity index (χ0n) is 15.1. The zero-order chi connectivity index (χ0) is 18.8. The van der Waals surface area contributed by atoms with Crippen molar-refractivity contribution in [2.75, 3.05) is 32.2 Å². The van der Waals surface area contributed by atoms with E-state index in [0.717, 1.165) is 6.42 Å². The Labute approximate surface area is 153 Å². The molecule has 6 nitrogen and oxygen atoms in total. The predicted molar refractivity (Wildman–Crippen MR) is 101 cm³/mol. The first-order valence-corrected chi connectivity index (χ1v) is 8.56. The summed E-state index contributed by atoms with van der Waals surface area (Å²) in [4.78, 5) is 24.5. The Balaban J connectivity index is 2.00. The van der Waals surface area contributed by atoms with E-state index in [1.54, 1.807) is 49.6 Å². The van der Waals surface area contributed by atoms with Gasteiger partial charge in [0, 0.05) is 24.9 Å². The number of methoxy groups -OCH3 is 1.